The predicted molar refractivity (Wildman–Crippen MR) is 119 cm³/mol. The van der Waals surface area contributed by atoms with Crippen molar-refractivity contribution in [3.05, 3.63) is 47.6 Å². The molecule has 0 saturated heterocycles. The van der Waals surface area contributed by atoms with Crippen LogP contribution in [0, 0.1) is 11.3 Å². The van der Waals surface area contributed by atoms with Gasteiger partial charge in [-0.25, -0.2) is 10.9 Å². The summed E-state index contributed by atoms with van der Waals surface area (Å²) in [6, 6.07) is 0.0309. The van der Waals surface area contributed by atoms with E-state index in [1.165, 1.54) is 0 Å². The van der Waals surface area contributed by atoms with Crippen molar-refractivity contribution in [3.63, 3.8) is 0 Å². The van der Waals surface area contributed by atoms with Crippen LogP contribution in [0.25, 0.3) is 0 Å². The average Bonchev–Trinajstić information content (AvgIpc) is 3.52. The summed E-state index contributed by atoms with van der Waals surface area (Å²) in [7, 11) is 0. The molecule has 28 heavy (non-hydrogen) atoms. The van der Waals surface area contributed by atoms with Gasteiger partial charge in [0.15, 0.2) is 0 Å². The second-order valence-corrected chi connectivity index (χ2v) is 8.90. The minimum atomic E-state index is -0.0631. The van der Waals surface area contributed by atoms with Crippen molar-refractivity contribution >= 4 is 28.9 Å². The first-order valence-electron chi connectivity index (χ1n) is 10.2. The molecule has 2 unspecified atom stereocenters. The van der Waals surface area contributed by atoms with Crippen molar-refractivity contribution in [1.29, 1.82) is 0 Å². The number of aliphatic imine (C=N–C) groups is 1. The van der Waals surface area contributed by atoms with Gasteiger partial charge in [0.2, 0.25) is 0 Å². The maximum absolute atomic E-state index is 9.34. The monoisotopic (exact) mass is 423 g/mol. The summed E-state index contributed by atoms with van der Waals surface area (Å²) in [4.78, 5) is 5.11. The SMILES string of the molecule is C=C(/C=C\C(Cl)CC)C1([C@@H]2N=C(CCCO)[C@H](C3CC=CC=C3Cl)NN2)CC1. The zero-order valence-electron chi connectivity index (χ0n) is 16.5. The lowest BCUT2D eigenvalue weighted by Crippen LogP contribution is -2.59. The van der Waals surface area contributed by atoms with Crippen LogP contribution in [0.15, 0.2) is 52.6 Å². The van der Waals surface area contributed by atoms with Crippen LogP contribution < -0.4 is 10.9 Å². The number of halogens is 2. The second kappa shape index (κ2) is 9.73. The van der Waals surface area contributed by atoms with Crippen molar-refractivity contribution in [1.82, 2.24) is 10.9 Å². The Morgan fingerprint density at radius 3 is 2.89 bits per heavy atom. The minimum absolute atomic E-state index is 0.0309. The molecule has 0 aromatic heterocycles. The highest BCUT2D eigenvalue weighted by Gasteiger charge is 2.52. The lowest BCUT2D eigenvalue weighted by Gasteiger charge is -2.38. The Bertz CT molecular complexity index is 694. The molecule has 0 spiro atoms. The maximum atomic E-state index is 9.34. The first-order chi connectivity index (χ1) is 13.5. The Labute approximate surface area is 178 Å². The van der Waals surface area contributed by atoms with E-state index in [1.807, 2.05) is 18.2 Å². The van der Waals surface area contributed by atoms with E-state index in [4.69, 9.17) is 28.2 Å². The number of allylic oxidation sites excluding steroid dienone is 5. The van der Waals surface area contributed by atoms with Gasteiger partial charge >= 0.3 is 0 Å². The van der Waals surface area contributed by atoms with Crippen LogP contribution in [-0.4, -0.2) is 35.0 Å². The van der Waals surface area contributed by atoms with Crippen molar-refractivity contribution in [2.75, 3.05) is 6.61 Å². The summed E-state index contributed by atoms with van der Waals surface area (Å²) >= 11 is 12.7. The molecule has 0 aromatic rings. The van der Waals surface area contributed by atoms with Gasteiger partial charge in [-0.2, -0.15) is 0 Å². The van der Waals surface area contributed by atoms with E-state index in [9.17, 15) is 5.11 Å². The van der Waals surface area contributed by atoms with Gasteiger partial charge in [0.1, 0.15) is 6.17 Å². The average molecular weight is 424 g/mol. The molecule has 0 amide bonds. The van der Waals surface area contributed by atoms with Gasteiger partial charge in [0.05, 0.1) is 11.4 Å². The van der Waals surface area contributed by atoms with Crippen molar-refractivity contribution in [2.45, 2.75) is 63.0 Å². The van der Waals surface area contributed by atoms with Gasteiger partial charge in [-0.3, -0.25) is 4.99 Å². The first-order valence-corrected chi connectivity index (χ1v) is 11.1. The molecule has 3 aliphatic rings. The molecule has 3 rings (SSSR count). The molecule has 2 aliphatic carbocycles. The highest BCUT2D eigenvalue weighted by molar-refractivity contribution is 6.30. The van der Waals surface area contributed by atoms with E-state index in [2.05, 4.69) is 36.5 Å². The smallest absolute Gasteiger partial charge is 0.121 e. The number of aliphatic hydroxyl groups excluding tert-OH is 1. The number of alkyl halides is 1. The summed E-state index contributed by atoms with van der Waals surface area (Å²) in [6.45, 7) is 6.55. The van der Waals surface area contributed by atoms with Crippen LogP contribution in [-0.2, 0) is 0 Å². The highest BCUT2D eigenvalue weighted by atomic mass is 35.5. The summed E-state index contributed by atoms with van der Waals surface area (Å²) in [5.41, 5.74) is 9.03. The molecular formula is C22H31Cl2N3O. The first kappa shape index (κ1) is 21.8. The quantitative estimate of drug-likeness (QED) is 0.374. The third-order valence-corrected chi connectivity index (χ3v) is 6.87. The summed E-state index contributed by atoms with van der Waals surface area (Å²) in [6.07, 6.45) is 15.5. The molecular weight excluding hydrogens is 393 g/mol. The Morgan fingerprint density at radius 2 is 2.25 bits per heavy atom. The van der Waals surface area contributed by atoms with Crippen LogP contribution in [0.4, 0.5) is 0 Å². The van der Waals surface area contributed by atoms with Crippen LogP contribution in [0.2, 0.25) is 0 Å². The molecule has 6 heteroatoms. The molecule has 0 bridgehead atoms. The largest absolute Gasteiger partial charge is 0.396 e. The second-order valence-electron chi connectivity index (χ2n) is 7.90. The van der Waals surface area contributed by atoms with E-state index in [-0.39, 0.29) is 35.5 Å². The third-order valence-electron chi connectivity index (χ3n) is 6.01. The fraction of sp³-hybridized carbons (Fsp3) is 0.591. The van der Waals surface area contributed by atoms with Crippen LogP contribution >= 0.6 is 23.2 Å². The van der Waals surface area contributed by atoms with Gasteiger partial charge in [0, 0.05) is 28.7 Å². The Morgan fingerprint density at radius 1 is 1.46 bits per heavy atom. The molecule has 1 aliphatic heterocycles. The number of hydrogen-bond donors (Lipinski definition) is 3. The van der Waals surface area contributed by atoms with E-state index in [0.29, 0.717) is 6.42 Å². The van der Waals surface area contributed by atoms with Crippen molar-refractivity contribution in [2.24, 2.45) is 16.3 Å². The molecule has 1 heterocycles. The molecule has 1 saturated carbocycles. The molecule has 0 radical (unpaired) electrons. The van der Waals surface area contributed by atoms with E-state index in [0.717, 1.165) is 48.4 Å². The predicted octanol–water partition coefficient (Wildman–Crippen LogP) is 4.61. The number of aliphatic hydroxyl groups is 1. The standard InChI is InChI=1S/C22H31Cl2N3O/c1-3-16(23)11-10-15(2)22(12-13-22)21-25-19(9-6-14-28)20(26-27-21)17-7-4-5-8-18(17)24/h4-5,8,10-11,16-17,20-21,26-28H,2-3,6-7,9,12-14H2,1H3/b11-10-/t16?,17?,20-,21+/m0/s1. The molecule has 3 N–H and O–H groups in total. The number of rotatable bonds is 9. The molecule has 0 aromatic carbocycles. The Hall–Kier alpha value is -0.910. The van der Waals surface area contributed by atoms with Crippen LogP contribution in [0.1, 0.15) is 45.4 Å². The molecule has 154 valence electrons. The Balaban J connectivity index is 1.78. The highest BCUT2D eigenvalue weighted by Crippen LogP contribution is 2.55. The van der Waals surface area contributed by atoms with Gasteiger partial charge in [-0.1, -0.05) is 49.4 Å². The topological polar surface area (TPSA) is 56.7 Å². The van der Waals surface area contributed by atoms with E-state index < -0.39 is 0 Å². The summed E-state index contributed by atoms with van der Waals surface area (Å²) in [5, 5.41) is 10.2. The normalized spacial score (nSPS) is 30.1. The minimum Gasteiger partial charge on any atom is -0.396 e. The zero-order chi connectivity index (χ0) is 20.1. The Kier molecular flexibility index (Phi) is 7.57. The van der Waals surface area contributed by atoms with Crippen LogP contribution in [0.3, 0.4) is 0 Å². The molecule has 4 nitrogen and oxygen atoms in total. The number of nitrogens with one attached hydrogen (secondary N) is 2. The maximum Gasteiger partial charge on any atom is 0.121 e. The van der Waals surface area contributed by atoms with Gasteiger partial charge in [-0.05, 0) is 50.2 Å². The van der Waals surface area contributed by atoms with E-state index >= 15 is 0 Å². The number of hydrogen-bond acceptors (Lipinski definition) is 4. The zero-order valence-corrected chi connectivity index (χ0v) is 18.0. The van der Waals surface area contributed by atoms with Gasteiger partial charge in [-0.15, -0.1) is 11.6 Å². The van der Waals surface area contributed by atoms with Gasteiger partial charge < -0.3 is 5.11 Å². The lowest BCUT2D eigenvalue weighted by molar-refractivity contribution is 0.277. The number of nitrogens with zero attached hydrogens (tertiary/aromatic N) is 1. The lowest BCUT2D eigenvalue weighted by atomic mass is 9.86. The van der Waals surface area contributed by atoms with E-state index in [1.54, 1.807) is 0 Å². The van der Waals surface area contributed by atoms with Crippen LogP contribution in [0.5, 0.6) is 0 Å². The van der Waals surface area contributed by atoms with Crippen molar-refractivity contribution < 1.29 is 5.11 Å². The summed E-state index contributed by atoms with van der Waals surface area (Å²) < 4.78 is 0. The summed E-state index contributed by atoms with van der Waals surface area (Å²) in [5.74, 6) is 0.164. The van der Waals surface area contributed by atoms with Gasteiger partial charge in [0.25, 0.3) is 0 Å². The third kappa shape index (κ3) is 4.80. The van der Waals surface area contributed by atoms with Crippen molar-refractivity contribution in [3.8, 4) is 0 Å². The molecule has 4 atom stereocenters. The number of hydrazine groups is 1. The fourth-order valence-electron chi connectivity index (χ4n) is 3.95. The molecule has 1 fully saturated rings. The fourth-order valence-corrected chi connectivity index (χ4v) is 4.31.